The second-order valence-corrected chi connectivity index (χ2v) is 4.49. The SMILES string of the molecule is CCOc1ccc(CNC(=O)CC(C)N)cc1C. The highest BCUT2D eigenvalue weighted by molar-refractivity contribution is 5.76. The first-order chi connectivity index (χ1) is 8.52. The molecule has 0 saturated heterocycles. The minimum atomic E-state index is -0.105. The lowest BCUT2D eigenvalue weighted by Gasteiger charge is -2.10. The monoisotopic (exact) mass is 250 g/mol. The van der Waals surface area contributed by atoms with E-state index in [4.69, 9.17) is 10.5 Å². The van der Waals surface area contributed by atoms with E-state index in [2.05, 4.69) is 5.32 Å². The van der Waals surface area contributed by atoms with Gasteiger partial charge in [-0.3, -0.25) is 4.79 Å². The molecule has 3 N–H and O–H groups in total. The quantitative estimate of drug-likeness (QED) is 0.808. The number of rotatable bonds is 6. The molecular weight excluding hydrogens is 228 g/mol. The number of benzene rings is 1. The second-order valence-electron chi connectivity index (χ2n) is 4.49. The topological polar surface area (TPSA) is 64.3 Å². The molecular formula is C14H22N2O2. The molecule has 1 aromatic carbocycles. The van der Waals surface area contributed by atoms with Gasteiger partial charge in [0.2, 0.25) is 5.91 Å². The first-order valence-corrected chi connectivity index (χ1v) is 6.27. The van der Waals surface area contributed by atoms with Crippen molar-refractivity contribution in [3.8, 4) is 5.75 Å². The third-order valence-corrected chi connectivity index (χ3v) is 2.54. The van der Waals surface area contributed by atoms with Gasteiger partial charge in [-0.2, -0.15) is 0 Å². The molecule has 0 bridgehead atoms. The molecule has 0 radical (unpaired) electrons. The highest BCUT2D eigenvalue weighted by Gasteiger charge is 2.05. The lowest BCUT2D eigenvalue weighted by atomic mass is 10.1. The minimum Gasteiger partial charge on any atom is -0.494 e. The Bertz CT molecular complexity index is 403. The average molecular weight is 250 g/mol. The molecule has 18 heavy (non-hydrogen) atoms. The lowest BCUT2D eigenvalue weighted by molar-refractivity contribution is -0.121. The number of ether oxygens (including phenoxy) is 1. The molecule has 1 unspecified atom stereocenters. The number of nitrogens with two attached hydrogens (primary N) is 1. The van der Waals surface area contributed by atoms with E-state index in [1.807, 2.05) is 39.0 Å². The molecule has 4 nitrogen and oxygen atoms in total. The summed E-state index contributed by atoms with van der Waals surface area (Å²) in [6.45, 7) is 6.96. The summed E-state index contributed by atoms with van der Waals surface area (Å²) in [4.78, 5) is 11.5. The molecule has 0 aliphatic rings. The van der Waals surface area contributed by atoms with Gasteiger partial charge in [0.1, 0.15) is 5.75 Å². The smallest absolute Gasteiger partial charge is 0.221 e. The fraction of sp³-hybridized carbons (Fsp3) is 0.500. The Morgan fingerprint density at radius 3 is 2.78 bits per heavy atom. The molecule has 1 aromatic rings. The van der Waals surface area contributed by atoms with Gasteiger partial charge in [-0.25, -0.2) is 0 Å². The van der Waals surface area contributed by atoms with Crippen LogP contribution in [-0.2, 0) is 11.3 Å². The zero-order valence-electron chi connectivity index (χ0n) is 11.3. The van der Waals surface area contributed by atoms with Gasteiger partial charge in [0.25, 0.3) is 0 Å². The molecule has 4 heteroatoms. The summed E-state index contributed by atoms with van der Waals surface area (Å²) < 4.78 is 5.47. The molecule has 1 amide bonds. The minimum absolute atomic E-state index is 0.0171. The zero-order chi connectivity index (χ0) is 13.5. The standard InChI is InChI=1S/C14H22N2O2/c1-4-18-13-6-5-12(7-10(13)2)9-16-14(17)8-11(3)15/h5-7,11H,4,8-9,15H2,1-3H3,(H,16,17). The molecule has 0 spiro atoms. The van der Waals surface area contributed by atoms with E-state index >= 15 is 0 Å². The van der Waals surface area contributed by atoms with Crippen LogP contribution in [0.3, 0.4) is 0 Å². The number of carbonyl (C=O) groups is 1. The van der Waals surface area contributed by atoms with Crippen molar-refractivity contribution in [3.05, 3.63) is 29.3 Å². The van der Waals surface area contributed by atoms with E-state index in [0.717, 1.165) is 16.9 Å². The number of hydrogen-bond donors (Lipinski definition) is 2. The first kappa shape index (κ1) is 14.5. The normalized spacial score (nSPS) is 12.0. The van der Waals surface area contributed by atoms with Crippen LogP contribution in [0.25, 0.3) is 0 Å². The maximum absolute atomic E-state index is 11.5. The zero-order valence-corrected chi connectivity index (χ0v) is 11.3. The Kier molecular flexibility index (Phi) is 5.65. The maximum Gasteiger partial charge on any atom is 0.221 e. The van der Waals surface area contributed by atoms with Crippen molar-refractivity contribution in [1.29, 1.82) is 0 Å². The van der Waals surface area contributed by atoms with Crippen LogP contribution >= 0.6 is 0 Å². The van der Waals surface area contributed by atoms with Gasteiger partial charge < -0.3 is 15.8 Å². The van der Waals surface area contributed by atoms with Gasteiger partial charge in [0.15, 0.2) is 0 Å². The fourth-order valence-corrected chi connectivity index (χ4v) is 1.70. The van der Waals surface area contributed by atoms with Gasteiger partial charge in [-0.15, -0.1) is 0 Å². The van der Waals surface area contributed by atoms with Crippen molar-refractivity contribution < 1.29 is 9.53 Å². The first-order valence-electron chi connectivity index (χ1n) is 6.27. The average Bonchev–Trinajstić information content (AvgIpc) is 2.29. The van der Waals surface area contributed by atoms with E-state index in [0.29, 0.717) is 19.6 Å². The van der Waals surface area contributed by atoms with Crippen LogP contribution in [0, 0.1) is 6.92 Å². The predicted molar refractivity (Wildman–Crippen MR) is 72.5 cm³/mol. The Balaban J connectivity index is 2.53. The Morgan fingerprint density at radius 1 is 1.50 bits per heavy atom. The van der Waals surface area contributed by atoms with Gasteiger partial charge in [-0.05, 0) is 38.0 Å². The fourth-order valence-electron chi connectivity index (χ4n) is 1.70. The van der Waals surface area contributed by atoms with E-state index < -0.39 is 0 Å². The highest BCUT2D eigenvalue weighted by atomic mass is 16.5. The van der Waals surface area contributed by atoms with Crippen LogP contribution in [-0.4, -0.2) is 18.6 Å². The van der Waals surface area contributed by atoms with Crippen molar-refractivity contribution in [2.24, 2.45) is 5.73 Å². The molecule has 100 valence electrons. The van der Waals surface area contributed by atoms with Gasteiger partial charge in [0.05, 0.1) is 6.61 Å². The Hall–Kier alpha value is -1.55. The van der Waals surface area contributed by atoms with Crippen molar-refractivity contribution >= 4 is 5.91 Å². The van der Waals surface area contributed by atoms with E-state index in [9.17, 15) is 4.79 Å². The summed E-state index contributed by atoms with van der Waals surface area (Å²) in [6.07, 6.45) is 0.357. The number of hydrogen-bond acceptors (Lipinski definition) is 3. The summed E-state index contributed by atoms with van der Waals surface area (Å²) in [6, 6.07) is 5.82. The van der Waals surface area contributed by atoms with Crippen molar-refractivity contribution in [2.75, 3.05) is 6.61 Å². The largest absolute Gasteiger partial charge is 0.494 e. The molecule has 0 aromatic heterocycles. The molecule has 0 heterocycles. The molecule has 1 atom stereocenters. The number of aryl methyl sites for hydroxylation is 1. The summed E-state index contributed by atoms with van der Waals surface area (Å²) >= 11 is 0. The predicted octanol–water partition coefficient (Wildman–Crippen LogP) is 1.75. The van der Waals surface area contributed by atoms with Crippen molar-refractivity contribution in [2.45, 2.75) is 39.8 Å². The third-order valence-electron chi connectivity index (χ3n) is 2.54. The summed E-state index contributed by atoms with van der Waals surface area (Å²) in [5.41, 5.74) is 7.71. The third kappa shape index (κ3) is 4.75. The van der Waals surface area contributed by atoms with E-state index in [-0.39, 0.29) is 11.9 Å². The van der Waals surface area contributed by atoms with Crippen LogP contribution < -0.4 is 15.8 Å². The number of nitrogens with one attached hydrogen (secondary N) is 1. The van der Waals surface area contributed by atoms with E-state index in [1.165, 1.54) is 0 Å². The summed E-state index contributed by atoms with van der Waals surface area (Å²) in [7, 11) is 0. The van der Waals surface area contributed by atoms with Crippen LogP contribution in [0.15, 0.2) is 18.2 Å². The number of amides is 1. The van der Waals surface area contributed by atoms with Gasteiger partial charge in [0, 0.05) is 19.0 Å². The van der Waals surface area contributed by atoms with Crippen LogP contribution in [0.1, 0.15) is 31.4 Å². The molecule has 0 aliphatic heterocycles. The van der Waals surface area contributed by atoms with Crippen LogP contribution in [0.5, 0.6) is 5.75 Å². The van der Waals surface area contributed by atoms with Gasteiger partial charge >= 0.3 is 0 Å². The van der Waals surface area contributed by atoms with Crippen molar-refractivity contribution in [1.82, 2.24) is 5.32 Å². The molecule has 0 fully saturated rings. The van der Waals surface area contributed by atoms with Gasteiger partial charge in [-0.1, -0.05) is 12.1 Å². The number of carbonyl (C=O) groups excluding carboxylic acids is 1. The van der Waals surface area contributed by atoms with Crippen LogP contribution in [0.2, 0.25) is 0 Å². The van der Waals surface area contributed by atoms with E-state index in [1.54, 1.807) is 0 Å². The Labute approximate surface area is 109 Å². The molecule has 1 rings (SSSR count). The lowest BCUT2D eigenvalue weighted by Crippen LogP contribution is -2.29. The maximum atomic E-state index is 11.5. The van der Waals surface area contributed by atoms with Crippen molar-refractivity contribution in [3.63, 3.8) is 0 Å². The summed E-state index contributed by atoms with van der Waals surface area (Å²) in [5, 5.41) is 2.85. The molecule has 0 saturated carbocycles. The Morgan fingerprint density at radius 2 is 2.22 bits per heavy atom. The summed E-state index contributed by atoms with van der Waals surface area (Å²) in [5.74, 6) is 0.875. The second kappa shape index (κ2) is 7.01. The molecule has 0 aliphatic carbocycles. The highest BCUT2D eigenvalue weighted by Crippen LogP contribution is 2.18. The van der Waals surface area contributed by atoms with Crippen LogP contribution in [0.4, 0.5) is 0 Å².